The lowest BCUT2D eigenvalue weighted by molar-refractivity contribution is 0.311. The lowest BCUT2D eigenvalue weighted by Gasteiger charge is -2.26. The first-order chi connectivity index (χ1) is 12.9. The fourth-order valence-electron chi connectivity index (χ4n) is 2.76. The zero-order chi connectivity index (χ0) is 21.1. The Hall–Kier alpha value is -2.14. The molecule has 0 aliphatic heterocycles. The third kappa shape index (κ3) is 5.44. The highest BCUT2D eigenvalue weighted by Gasteiger charge is 2.20. The number of nitrogens with zero attached hydrogens (tertiary/aromatic N) is 1. The van der Waals surface area contributed by atoms with Crippen molar-refractivity contribution in [2.24, 2.45) is 5.14 Å². The van der Waals surface area contributed by atoms with Crippen LogP contribution in [0.3, 0.4) is 0 Å². The minimum Gasteiger partial charge on any atom is -0.497 e. The van der Waals surface area contributed by atoms with E-state index in [0.717, 1.165) is 23.6 Å². The number of rotatable bonds is 8. The number of nitrogens with one attached hydrogen (secondary N) is 1. The summed E-state index contributed by atoms with van der Waals surface area (Å²) in [4.78, 5) is 1.62. The summed E-state index contributed by atoms with van der Waals surface area (Å²) >= 11 is 0. The molecule has 0 bridgehead atoms. The summed E-state index contributed by atoms with van der Waals surface area (Å²) in [5, 5.41) is 8.24. The molecule has 1 atom stereocenters. The van der Waals surface area contributed by atoms with E-state index in [0.29, 0.717) is 12.2 Å². The maximum atomic E-state index is 12.2. The molecule has 0 aliphatic rings. The molecular weight excluding hydrogens is 402 g/mol. The first-order valence-corrected chi connectivity index (χ1v) is 11.8. The monoisotopic (exact) mass is 427 g/mol. The van der Waals surface area contributed by atoms with Crippen molar-refractivity contribution < 1.29 is 21.6 Å². The van der Waals surface area contributed by atoms with Crippen LogP contribution in [-0.4, -0.2) is 55.7 Å². The van der Waals surface area contributed by atoms with Gasteiger partial charge in [-0.1, -0.05) is 12.1 Å². The number of anilines is 1. The highest BCUT2D eigenvalue weighted by atomic mass is 32.2. The summed E-state index contributed by atoms with van der Waals surface area (Å²) in [5.74, 6) is 0.743. The quantitative estimate of drug-likeness (QED) is 0.655. The highest BCUT2D eigenvalue weighted by Crippen LogP contribution is 2.27. The van der Waals surface area contributed by atoms with Crippen LogP contribution in [0.2, 0.25) is 0 Å². The summed E-state index contributed by atoms with van der Waals surface area (Å²) in [5.41, 5.74) is 1.33. The molecule has 0 saturated carbocycles. The summed E-state index contributed by atoms with van der Waals surface area (Å²) in [6.45, 7) is 0.399. The van der Waals surface area contributed by atoms with Crippen LogP contribution < -0.4 is 15.2 Å². The number of nitrogens with two attached hydrogens (primary N) is 1. The molecule has 0 amide bonds. The SMILES string of the molecule is COc1ccc(C(CNc2ccc(S(N)(=O)=O)cc2S(C)(=O)=O)N(C)C)cc1. The van der Waals surface area contributed by atoms with Gasteiger partial charge in [-0.05, 0) is 50.0 Å². The lowest BCUT2D eigenvalue weighted by Crippen LogP contribution is -2.27. The molecule has 2 rings (SSSR count). The Balaban J connectivity index is 2.34. The van der Waals surface area contributed by atoms with Gasteiger partial charge >= 0.3 is 0 Å². The van der Waals surface area contributed by atoms with Crippen molar-refractivity contribution >= 4 is 25.5 Å². The van der Waals surface area contributed by atoms with Gasteiger partial charge in [0.05, 0.1) is 28.6 Å². The molecule has 0 radical (unpaired) electrons. The summed E-state index contributed by atoms with van der Waals surface area (Å²) in [6.07, 6.45) is 1.02. The van der Waals surface area contributed by atoms with Crippen LogP contribution in [0.4, 0.5) is 5.69 Å². The third-order valence-electron chi connectivity index (χ3n) is 4.29. The van der Waals surface area contributed by atoms with E-state index >= 15 is 0 Å². The lowest BCUT2D eigenvalue weighted by atomic mass is 10.1. The molecule has 0 fully saturated rings. The number of likely N-dealkylation sites (N-methyl/N-ethyl adjacent to an activating group) is 1. The van der Waals surface area contributed by atoms with Crippen molar-refractivity contribution in [3.05, 3.63) is 48.0 Å². The van der Waals surface area contributed by atoms with Crippen LogP contribution in [0.1, 0.15) is 11.6 Å². The van der Waals surface area contributed by atoms with Crippen molar-refractivity contribution in [1.29, 1.82) is 0 Å². The maximum Gasteiger partial charge on any atom is 0.238 e. The Bertz CT molecular complexity index is 1030. The second-order valence-electron chi connectivity index (χ2n) is 6.61. The zero-order valence-corrected chi connectivity index (χ0v) is 17.8. The molecule has 0 spiro atoms. The number of hydrogen-bond acceptors (Lipinski definition) is 7. The Kier molecular flexibility index (Phi) is 6.71. The van der Waals surface area contributed by atoms with Crippen molar-refractivity contribution in [2.75, 3.05) is 39.3 Å². The molecule has 8 nitrogen and oxygen atoms in total. The number of sulfone groups is 1. The minimum absolute atomic E-state index is 0.0590. The molecule has 10 heteroatoms. The van der Waals surface area contributed by atoms with Gasteiger partial charge in [-0.15, -0.1) is 0 Å². The second-order valence-corrected chi connectivity index (χ2v) is 10.2. The van der Waals surface area contributed by atoms with Crippen LogP contribution in [-0.2, 0) is 19.9 Å². The van der Waals surface area contributed by atoms with Crippen LogP contribution in [0.5, 0.6) is 5.75 Å². The standard InChI is InChI=1S/C18H25N3O5S2/c1-21(2)17(13-5-7-14(26-3)8-6-13)12-20-16-10-9-15(28(19,24)25)11-18(16)27(4,22)23/h5-11,17,20H,12H2,1-4H3,(H2,19,24,25). The van der Waals surface area contributed by atoms with E-state index in [9.17, 15) is 16.8 Å². The Labute approximate surface area is 166 Å². The second kappa shape index (κ2) is 8.48. The van der Waals surface area contributed by atoms with E-state index in [-0.39, 0.29) is 15.8 Å². The summed E-state index contributed by atoms with van der Waals surface area (Å²) < 4.78 is 52.6. The van der Waals surface area contributed by atoms with E-state index in [4.69, 9.17) is 9.88 Å². The third-order valence-corrected chi connectivity index (χ3v) is 6.34. The Morgan fingerprint density at radius 3 is 2.14 bits per heavy atom. The number of primary sulfonamides is 1. The smallest absolute Gasteiger partial charge is 0.238 e. The van der Waals surface area contributed by atoms with E-state index in [1.165, 1.54) is 12.1 Å². The van der Waals surface area contributed by atoms with Crippen LogP contribution >= 0.6 is 0 Å². The van der Waals surface area contributed by atoms with E-state index in [2.05, 4.69) is 5.32 Å². The summed E-state index contributed by atoms with van der Waals surface area (Å²) in [7, 11) is -2.25. The van der Waals surface area contributed by atoms with Gasteiger partial charge in [0, 0.05) is 12.8 Å². The molecule has 2 aromatic rings. The molecule has 2 aromatic carbocycles. The van der Waals surface area contributed by atoms with Crippen molar-refractivity contribution in [3.8, 4) is 5.75 Å². The molecule has 28 heavy (non-hydrogen) atoms. The molecule has 0 aromatic heterocycles. The average Bonchev–Trinajstić information content (AvgIpc) is 2.60. The molecule has 1 unspecified atom stereocenters. The van der Waals surface area contributed by atoms with E-state index < -0.39 is 19.9 Å². The fourth-order valence-corrected chi connectivity index (χ4v) is 4.26. The molecule has 3 N–H and O–H groups in total. The van der Waals surface area contributed by atoms with Crippen LogP contribution in [0.25, 0.3) is 0 Å². The highest BCUT2D eigenvalue weighted by molar-refractivity contribution is 7.91. The molecule has 0 aliphatic carbocycles. The fraction of sp³-hybridized carbons (Fsp3) is 0.333. The van der Waals surface area contributed by atoms with Gasteiger partial charge in [0.15, 0.2) is 9.84 Å². The molecule has 0 saturated heterocycles. The predicted octanol–water partition coefficient (Wildman–Crippen LogP) is 1.46. The molecular formula is C18H25N3O5S2. The minimum atomic E-state index is -4.01. The van der Waals surface area contributed by atoms with Crippen LogP contribution in [0, 0.1) is 0 Å². The first kappa shape index (κ1) is 22.2. The zero-order valence-electron chi connectivity index (χ0n) is 16.2. The van der Waals surface area contributed by atoms with Gasteiger partial charge in [-0.2, -0.15) is 0 Å². The predicted molar refractivity (Wildman–Crippen MR) is 109 cm³/mol. The van der Waals surface area contributed by atoms with Gasteiger partial charge in [-0.3, -0.25) is 0 Å². The molecule has 0 heterocycles. The van der Waals surface area contributed by atoms with Crippen molar-refractivity contribution in [2.45, 2.75) is 15.8 Å². The topological polar surface area (TPSA) is 119 Å². The van der Waals surface area contributed by atoms with Gasteiger partial charge in [0.2, 0.25) is 10.0 Å². The first-order valence-electron chi connectivity index (χ1n) is 8.34. The largest absolute Gasteiger partial charge is 0.497 e. The Morgan fingerprint density at radius 2 is 1.68 bits per heavy atom. The van der Waals surface area contributed by atoms with Gasteiger partial charge in [-0.25, -0.2) is 22.0 Å². The number of hydrogen-bond donors (Lipinski definition) is 2. The normalized spacial score (nSPS) is 13.4. The Morgan fingerprint density at radius 1 is 1.07 bits per heavy atom. The van der Waals surface area contributed by atoms with Crippen molar-refractivity contribution in [1.82, 2.24) is 4.90 Å². The van der Waals surface area contributed by atoms with Gasteiger partial charge < -0.3 is 15.0 Å². The maximum absolute atomic E-state index is 12.2. The molecule has 154 valence electrons. The number of ether oxygens (including phenoxy) is 1. The number of benzene rings is 2. The number of methoxy groups -OCH3 is 1. The van der Waals surface area contributed by atoms with Gasteiger partial charge in [0.25, 0.3) is 0 Å². The number of sulfonamides is 1. The van der Waals surface area contributed by atoms with Crippen molar-refractivity contribution in [3.63, 3.8) is 0 Å². The summed E-state index contributed by atoms with van der Waals surface area (Å²) in [6, 6.07) is 11.3. The van der Waals surface area contributed by atoms with E-state index in [1.54, 1.807) is 7.11 Å². The van der Waals surface area contributed by atoms with E-state index in [1.807, 2.05) is 43.3 Å². The van der Waals surface area contributed by atoms with Crippen LogP contribution in [0.15, 0.2) is 52.3 Å². The average molecular weight is 428 g/mol. The van der Waals surface area contributed by atoms with Gasteiger partial charge in [0.1, 0.15) is 5.75 Å².